The zero-order chi connectivity index (χ0) is 13.3. The van der Waals surface area contributed by atoms with Crippen LogP contribution in [0.4, 0.5) is 0 Å². The summed E-state index contributed by atoms with van der Waals surface area (Å²) in [6.45, 7) is 6.39. The Hall–Kier alpha value is -1.13. The molecule has 0 fully saturated rings. The molecule has 0 radical (unpaired) electrons. The topological polar surface area (TPSA) is 29.9 Å². The van der Waals surface area contributed by atoms with Crippen molar-refractivity contribution in [2.45, 2.75) is 33.2 Å². The highest BCUT2D eigenvalue weighted by molar-refractivity contribution is 7.10. The fraction of sp³-hybridized carbons (Fsp3) is 0.500. The van der Waals surface area contributed by atoms with Gasteiger partial charge >= 0.3 is 0 Å². The molecule has 0 aliphatic heterocycles. The first-order chi connectivity index (χ1) is 8.52. The molecule has 2 heterocycles. The largest absolute Gasteiger partial charge is 0.313 e. The maximum absolute atomic E-state index is 4.49. The summed E-state index contributed by atoms with van der Waals surface area (Å²) in [4.78, 5) is 1.37. The molecule has 0 bridgehead atoms. The van der Waals surface area contributed by atoms with Crippen molar-refractivity contribution in [3.05, 3.63) is 38.8 Å². The molecule has 0 aliphatic rings. The van der Waals surface area contributed by atoms with Gasteiger partial charge in [-0.2, -0.15) is 5.10 Å². The van der Waals surface area contributed by atoms with Crippen LogP contribution in [0.2, 0.25) is 0 Å². The summed E-state index contributed by atoms with van der Waals surface area (Å²) >= 11 is 1.81. The van der Waals surface area contributed by atoms with Gasteiger partial charge in [-0.3, -0.25) is 4.68 Å². The van der Waals surface area contributed by atoms with E-state index in [0.717, 1.165) is 12.1 Å². The Morgan fingerprint density at radius 3 is 2.56 bits per heavy atom. The number of aryl methyl sites for hydroxylation is 3. The van der Waals surface area contributed by atoms with Crippen LogP contribution in [0, 0.1) is 20.8 Å². The summed E-state index contributed by atoms with van der Waals surface area (Å²) in [6.07, 6.45) is 0.998. The average molecular weight is 263 g/mol. The van der Waals surface area contributed by atoms with Crippen LogP contribution in [0.25, 0.3) is 0 Å². The summed E-state index contributed by atoms with van der Waals surface area (Å²) in [7, 11) is 4.04. The summed E-state index contributed by atoms with van der Waals surface area (Å²) in [5.41, 5.74) is 5.14. The van der Waals surface area contributed by atoms with Crippen LogP contribution >= 0.6 is 11.3 Å². The number of hydrogen-bond donors (Lipinski definition) is 1. The Labute approximate surface area is 113 Å². The Morgan fingerprint density at radius 2 is 2.11 bits per heavy atom. The van der Waals surface area contributed by atoms with E-state index in [1.54, 1.807) is 0 Å². The molecule has 0 aliphatic carbocycles. The molecule has 4 heteroatoms. The lowest BCUT2D eigenvalue weighted by Crippen LogP contribution is -2.18. The summed E-state index contributed by atoms with van der Waals surface area (Å²) in [5, 5.41) is 10.1. The fourth-order valence-corrected chi connectivity index (χ4v) is 3.11. The lowest BCUT2D eigenvalue weighted by molar-refractivity contribution is 0.590. The molecule has 0 spiro atoms. The van der Waals surface area contributed by atoms with Crippen molar-refractivity contribution < 1.29 is 0 Å². The van der Waals surface area contributed by atoms with E-state index >= 15 is 0 Å². The third-order valence-corrected chi connectivity index (χ3v) is 4.45. The van der Waals surface area contributed by atoms with Gasteiger partial charge in [-0.25, -0.2) is 0 Å². The molecule has 2 aromatic rings. The zero-order valence-electron chi connectivity index (χ0n) is 11.7. The fourth-order valence-electron chi connectivity index (χ4n) is 2.35. The SMILES string of the molecule is CNC(Cc1c(C)nn(C)c1C)c1csc(C)c1. The van der Waals surface area contributed by atoms with Gasteiger partial charge in [-0.1, -0.05) is 0 Å². The number of nitrogens with zero attached hydrogens (tertiary/aromatic N) is 2. The lowest BCUT2D eigenvalue weighted by atomic mass is 10.00. The van der Waals surface area contributed by atoms with Crippen molar-refractivity contribution in [3.8, 4) is 0 Å². The molecule has 3 nitrogen and oxygen atoms in total. The van der Waals surface area contributed by atoms with Crippen molar-refractivity contribution in [3.63, 3.8) is 0 Å². The third kappa shape index (κ3) is 2.49. The van der Waals surface area contributed by atoms with Crippen LogP contribution in [-0.4, -0.2) is 16.8 Å². The van der Waals surface area contributed by atoms with Gasteiger partial charge in [0.05, 0.1) is 5.69 Å². The second-order valence-electron chi connectivity index (χ2n) is 4.81. The third-order valence-electron chi connectivity index (χ3n) is 3.57. The maximum Gasteiger partial charge on any atom is 0.0629 e. The number of hydrogen-bond acceptors (Lipinski definition) is 3. The molecule has 2 aromatic heterocycles. The highest BCUT2D eigenvalue weighted by atomic mass is 32.1. The summed E-state index contributed by atoms with van der Waals surface area (Å²) in [5.74, 6) is 0. The van der Waals surface area contributed by atoms with Crippen molar-refractivity contribution in [2.75, 3.05) is 7.05 Å². The Balaban J connectivity index is 2.25. The molecule has 18 heavy (non-hydrogen) atoms. The standard InChI is InChI=1S/C14H21N3S/c1-9-6-12(8-18-9)14(15-4)7-13-10(2)16-17(5)11(13)3/h6,8,14-15H,7H2,1-5H3. The lowest BCUT2D eigenvalue weighted by Gasteiger charge is -2.15. The molecule has 1 unspecified atom stereocenters. The predicted octanol–water partition coefficient (Wildman–Crippen LogP) is 2.91. The molecule has 1 atom stereocenters. The van der Waals surface area contributed by atoms with E-state index in [-0.39, 0.29) is 0 Å². The van der Waals surface area contributed by atoms with E-state index in [1.165, 1.54) is 21.7 Å². The quantitative estimate of drug-likeness (QED) is 0.919. The van der Waals surface area contributed by atoms with E-state index in [0.29, 0.717) is 6.04 Å². The predicted molar refractivity (Wildman–Crippen MR) is 77.2 cm³/mol. The van der Waals surface area contributed by atoms with E-state index in [2.05, 4.69) is 42.6 Å². The molecular weight excluding hydrogens is 242 g/mol. The van der Waals surface area contributed by atoms with Gasteiger partial charge < -0.3 is 5.32 Å². The number of aromatic nitrogens is 2. The zero-order valence-corrected chi connectivity index (χ0v) is 12.6. The normalized spacial score (nSPS) is 12.9. The first-order valence-corrected chi connectivity index (χ1v) is 7.12. The Kier molecular flexibility index (Phi) is 3.88. The van der Waals surface area contributed by atoms with Crippen molar-refractivity contribution in [1.29, 1.82) is 0 Å². The van der Waals surface area contributed by atoms with Gasteiger partial charge in [0.25, 0.3) is 0 Å². The van der Waals surface area contributed by atoms with Gasteiger partial charge in [0.2, 0.25) is 0 Å². The molecule has 1 N–H and O–H groups in total. The monoisotopic (exact) mass is 263 g/mol. The second-order valence-corrected chi connectivity index (χ2v) is 5.92. The first-order valence-electron chi connectivity index (χ1n) is 6.24. The average Bonchev–Trinajstić information content (AvgIpc) is 2.84. The minimum Gasteiger partial charge on any atom is -0.313 e. The van der Waals surface area contributed by atoms with Gasteiger partial charge in [0, 0.05) is 23.7 Å². The van der Waals surface area contributed by atoms with Crippen LogP contribution in [0.1, 0.15) is 33.4 Å². The second kappa shape index (κ2) is 5.24. The Morgan fingerprint density at radius 1 is 1.39 bits per heavy atom. The molecule has 0 amide bonds. The highest BCUT2D eigenvalue weighted by Gasteiger charge is 2.17. The van der Waals surface area contributed by atoms with Crippen molar-refractivity contribution in [1.82, 2.24) is 15.1 Å². The van der Waals surface area contributed by atoms with E-state index in [1.807, 2.05) is 30.1 Å². The molecule has 0 saturated carbocycles. The summed E-state index contributed by atoms with van der Waals surface area (Å²) < 4.78 is 1.97. The van der Waals surface area contributed by atoms with Gasteiger partial charge in [-0.05, 0) is 56.8 Å². The Bertz CT molecular complexity index is 539. The molecule has 0 saturated heterocycles. The van der Waals surface area contributed by atoms with Crippen LogP contribution in [0.3, 0.4) is 0 Å². The maximum atomic E-state index is 4.49. The van der Waals surface area contributed by atoms with Gasteiger partial charge in [0.15, 0.2) is 0 Å². The van der Waals surface area contributed by atoms with Gasteiger partial charge in [0.1, 0.15) is 0 Å². The number of rotatable bonds is 4. The van der Waals surface area contributed by atoms with Crippen LogP contribution in [0.5, 0.6) is 0 Å². The minimum absolute atomic E-state index is 0.372. The highest BCUT2D eigenvalue weighted by Crippen LogP contribution is 2.25. The van der Waals surface area contributed by atoms with Crippen LogP contribution in [-0.2, 0) is 13.5 Å². The first kappa shape index (κ1) is 13.3. The molecular formula is C14H21N3S. The molecule has 2 rings (SSSR count). The van der Waals surface area contributed by atoms with Crippen molar-refractivity contribution in [2.24, 2.45) is 7.05 Å². The van der Waals surface area contributed by atoms with E-state index in [9.17, 15) is 0 Å². The minimum atomic E-state index is 0.372. The number of likely N-dealkylation sites (N-methyl/N-ethyl adjacent to an activating group) is 1. The molecule has 98 valence electrons. The van der Waals surface area contributed by atoms with Gasteiger partial charge in [-0.15, -0.1) is 11.3 Å². The van der Waals surface area contributed by atoms with Crippen LogP contribution in [0.15, 0.2) is 11.4 Å². The van der Waals surface area contributed by atoms with E-state index in [4.69, 9.17) is 0 Å². The van der Waals surface area contributed by atoms with Crippen molar-refractivity contribution >= 4 is 11.3 Å². The summed E-state index contributed by atoms with van der Waals surface area (Å²) in [6, 6.07) is 2.64. The van der Waals surface area contributed by atoms with E-state index < -0.39 is 0 Å². The van der Waals surface area contributed by atoms with Crippen LogP contribution < -0.4 is 5.32 Å². The number of nitrogens with one attached hydrogen (secondary N) is 1. The molecule has 0 aromatic carbocycles. The number of thiophene rings is 1. The smallest absolute Gasteiger partial charge is 0.0629 e.